The maximum atomic E-state index is 12.5. The second-order valence-corrected chi connectivity index (χ2v) is 4.67. The molecule has 0 saturated carbocycles. The van der Waals surface area contributed by atoms with Gasteiger partial charge in [-0.15, -0.1) is 0 Å². The Balaban J connectivity index is 2.68. The van der Waals surface area contributed by atoms with E-state index in [-0.39, 0.29) is 6.04 Å². The molecule has 0 aliphatic rings. The van der Waals surface area contributed by atoms with E-state index in [1.54, 1.807) is 6.07 Å². The number of benzene rings is 1. The Labute approximate surface area is 105 Å². The molecule has 0 bridgehead atoms. The van der Waals surface area contributed by atoms with Crippen LogP contribution in [0.2, 0.25) is 0 Å². The quantitative estimate of drug-likeness (QED) is 0.854. The van der Waals surface area contributed by atoms with E-state index in [4.69, 9.17) is 5.73 Å². The van der Waals surface area contributed by atoms with Gasteiger partial charge in [0.15, 0.2) is 0 Å². The molecule has 0 fully saturated rings. The van der Waals surface area contributed by atoms with Gasteiger partial charge >= 0.3 is 6.18 Å². The van der Waals surface area contributed by atoms with Gasteiger partial charge in [0.05, 0.1) is 5.56 Å². The molecule has 0 aliphatic heterocycles. The number of halogens is 3. The van der Waals surface area contributed by atoms with Crippen LogP contribution >= 0.6 is 0 Å². The van der Waals surface area contributed by atoms with Crippen molar-refractivity contribution < 1.29 is 13.2 Å². The lowest BCUT2D eigenvalue weighted by molar-refractivity contribution is -0.137. The van der Waals surface area contributed by atoms with Gasteiger partial charge in [0.1, 0.15) is 0 Å². The Hall–Kier alpha value is -1.07. The molecule has 0 saturated heterocycles. The summed E-state index contributed by atoms with van der Waals surface area (Å²) < 4.78 is 37.6. The molecule has 102 valence electrons. The van der Waals surface area contributed by atoms with Gasteiger partial charge in [-0.1, -0.05) is 32.0 Å². The molecule has 0 heterocycles. The molecule has 5 heteroatoms. The van der Waals surface area contributed by atoms with E-state index in [2.05, 4.69) is 5.32 Å². The summed E-state index contributed by atoms with van der Waals surface area (Å²) in [6, 6.07) is 5.45. The summed E-state index contributed by atoms with van der Waals surface area (Å²) >= 11 is 0. The molecule has 3 N–H and O–H groups in total. The van der Waals surface area contributed by atoms with E-state index in [0.717, 1.165) is 6.07 Å². The van der Waals surface area contributed by atoms with E-state index >= 15 is 0 Å². The minimum atomic E-state index is -4.29. The summed E-state index contributed by atoms with van der Waals surface area (Å²) in [5.74, 6) is 0.348. The van der Waals surface area contributed by atoms with E-state index in [9.17, 15) is 13.2 Å². The van der Waals surface area contributed by atoms with Crippen LogP contribution in [0.5, 0.6) is 0 Å². The molecule has 1 aromatic rings. The van der Waals surface area contributed by atoms with Crippen molar-refractivity contribution in [2.45, 2.75) is 32.6 Å². The van der Waals surface area contributed by atoms with Crippen molar-refractivity contribution in [1.82, 2.24) is 5.32 Å². The Morgan fingerprint density at radius 1 is 1.28 bits per heavy atom. The van der Waals surface area contributed by atoms with Crippen LogP contribution in [0.4, 0.5) is 13.2 Å². The van der Waals surface area contributed by atoms with E-state index in [1.165, 1.54) is 12.1 Å². The van der Waals surface area contributed by atoms with Crippen LogP contribution in [0.1, 0.15) is 25.0 Å². The van der Waals surface area contributed by atoms with Crippen molar-refractivity contribution >= 4 is 0 Å². The van der Waals surface area contributed by atoms with E-state index in [1.807, 2.05) is 13.8 Å². The normalized spacial score (nSPS) is 13.9. The van der Waals surface area contributed by atoms with Gasteiger partial charge < -0.3 is 11.1 Å². The lowest BCUT2D eigenvalue weighted by atomic mass is 10.0. The molecule has 1 aromatic carbocycles. The zero-order chi connectivity index (χ0) is 13.8. The van der Waals surface area contributed by atoms with Gasteiger partial charge in [-0.2, -0.15) is 13.2 Å². The molecule has 0 radical (unpaired) electrons. The molecular formula is C13H19F3N2. The van der Waals surface area contributed by atoms with Crippen molar-refractivity contribution in [3.05, 3.63) is 35.4 Å². The van der Waals surface area contributed by atoms with Crippen LogP contribution in [-0.2, 0) is 12.7 Å². The lowest BCUT2D eigenvalue weighted by Crippen LogP contribution is -2.39. The molecule has 0 amide bonds. The average molecular weight is 260 g/mol. The van der Waals surface area contributed by atoms with Crippen LogP contribution in [-0.4, -0.2) is 12.6 Å². The highest BCUT2D eigenvalue weighted by Crippen LogP contribution is 2.29. The molecule has 2 nitrogen and oxygen atoms in total. The standard InChI is InChI=1S/C13H19F3N2/c1-9(2)12(7-17)18-8-10-4-3-5-11(6-10)13(14,15)16/h3-6,9,12,18H,7-8,17H2,1-2H3. The monoisotopic (exact) mass is 260 g/mol. The minimum Gasteiger partial charge on any atom is -0.329 e. The molecule has 0 spiro atoms. The van der Waals surface area contributed by atoms with Crippen LogP contribution in [0.15, 0.2) is 24.3 Å². The van der Waals surface area contributed by atoms with Crippen LogP contribution in [0.25, 0.3) is 0 Å². The third-order valence-corrected chi connectivity index (χ3v) is 2.88. The number of nitrogens with one attached hydrogen (secondary N) is 1. The average Bonchev–Trinajstić information content (AvgIpc) is 2.28. The van der Waals surface area contributed by atoms with Gasteiger partial charge in [0, 0.05) is 19.1 Å². The van der Waals surface area contributed by atoms with Crippen molar-refractivity contribution in [3.63, 3.8) is 0 Å². The van der Waals surface area contributed by atoms with Gasteiger partial charge in [0.2, 0.25) is 0 Å². The third kappa shape index (κ3) is 4.31. The molecule has 1 rings (SSSR count). The summed E-state index contributed by atoms with van der Waals surface area (Å²) in [6.07, 6.45) is -4.29. The second-order valence-electron chi connectivity index (χ2n) is 4.67. The molecule has 1 atom stereocenters. The van der Waals surface area contributed by atoms with Crippen LogP contribution in [0, 0.1) is 5.92 Å². The fourth-order valence-electron chi connectivity index (χ4n) is 1.70. The minimum absolute atomic E-state index is 0.111. The highest BCUT2D eigenvalue weighted by molar-refractivity contribution is 5.25. The highest BCUT2D eigenvalue weighted by Gasteiger charge is 2.30. The summed E-state index contributed by atoms with van der Waals surface area (Å²) in [7, 11) is 0. The maximum absolute atomic E-state index is 12.5. The fourth-order valence-corrected chi connectivity index (χ4v) is 1.70. The van der Waals surface area contributed by atoms with Gasteiger partial charge in [0.25, 0.3) is 0 Å². The smallest absolute Gasteiger partial charge is 0.329 e. The number of rotatable bonds is 5. The number of hydrogen-bond acceptors (Lipinski definition) is 2. The van der Waals surface area contributed by atoms with Gasteiger partial charge in [-0.25, -0.2) is 0 Å². The summed E-state index contributed by atoms with van der Waals surface area (Å²) in [4.78, 5) is 0. The van der Waals surface area contributed by atoms with Crippen molar-refractivity contribution in [1.29, 1.82) is 0 Å². The van der Waals surface area contributed by atoms with Gasteiger partial charge in [-0.3, -0.25) is 0 Å². The first-order valence-electron chi connectivity index (χ1n) is 5.94. The fraction of sp³-hybridized carbons (Fsp3) is 0.538. The van der Waals surface area contributed by atoms with E-state index < -0.39 is 11.7 Å². The Morgan fingerprint density at radius 3 is 2.44 bits per heavy atom. The molecule has 0 aliphatic carbocycles. The largest absolute Gasteiger partial charge is 0.416 e. The van der Waals surface area contributed by atoms with E-state index in [0.29, 0.717) is 24.6 Å². The predicted octanol–water partition coefficient (Wildman–Crippen LogP) is 2.78. The maximum Gasteiger partial charge on any atom is 0.416 e. The van der Waals surface area contributed by atoms with Gasteiger partial charge in [-0.05, 0) is 17.5 Å². The molecule has 0 aromatic heterocycles. The zero-order valence-electron chi connectivity index (χ0n) is 10.6. The first-order chi connectivity index (χ1) is 8.34. The third-order valence-electron chi connectivity index (χ3n) is 2.88. The highest BCUT2D eigenvalue weighted by atomic mass is 19.4. The summed E-state index contributed by atoms with van der Waals surface area (Å²) in [5, 5.41) is 3.17. The zero-order valence-corrected chi connectivity index (χ0v) is 10.6. The van der Waals surface area contributed by atoms with Crippen LogP contribution < -0.4 is 11.1 Å². The number of alkyl halides is 3. The van der Waals surface area contributed by atoms with Crippen LogP contribution in [0.3, 0.4) is 0 Å². The first-order valence-corrected chi connectivity index (χ1v) is 5.94. The Kier molecular flexibility index (Phi) is 5.16. The second kappa shape index (κ2) is 6.20. The van der Waals surface area contributed by atoms with Crippen molar-refractivity contribution in [2.24, 2.45) is 11.7 Å². The molecule has 1 unspecified atom stereocenters. The lowest BCUT2D eigenvalue weighted by Gasteiger charge is -2.20. The summed E-state index contributed by atoms with van der Waals surface area (Å²) in [6.45, 7) is 4.91. The molecule has 18 heavy (non-hydrogen) atoms. The predicted molar refractivity (Wildman–Crippen MR) is 66.0 cm³/mol. The number of nitrogens with two attached hydrogens (primary N) is 1. The van der Waals surface area contributed by atoms with Crippen molar-refractivity contribution in [2.75, 3.05) is 6.54 Å². The van der Waals surface area contributed by atoms with Crippen molar-refractivity contribution in [3.8, 4) is 0 Å². The Morgan fingerprint density at radius 2 is 1.94 bits per heavy atom. The molecular weight excluding hydrogens is 241 g/mol. The topological polar surface area (TPSA) is 38.0 Å². The summed E-state index contributed by atoms with van der Waals surface area (Å²) in [5.41, 5.74) is 5.59. The first kappa shape index (κ1) is 15.0. The Bertz CT molecular complexity index is 375. The number of hydrogen-bond donors (Lipinski definition) is 2. The SMILES string of the molecule is CC(C)C(CN)NCc1cccc(C(F)(F)F)c1.